The predicted molar refractivity (Wildman–Crippen MR) is 167 cm³/mol. The van der Waals surface area contributed by atoms with Crippen molar-refractivity contribution in [3.05, 3.63) is 109 Å². The molecule has 0 saturated carbocycles. The van der Waals surface area contributed by atoms with E-state index in [0.29, 0.717) is 11.4 Å². The summed E-state index contributed by atoms with van der Waals surface area (Å²) in [4.78, 5) is 18.9. The molecular formula is C34H34N6. The minimum Gasteiger partial charge on any atom is -0.397 e. The minimum atomic E-state index is 0.00746. The molecule has 0 aliphatic carbocycles. The summed E-state index contributed by atoms with van der Waals surface area (Å²) >= 11 is 0. The molecule has 2 aromatic carbocycles. The van der Waals surface area contributed by atoms with Crippen LogP contribution in [-0.2, 0) is 0 Å². The van der Waals surface area contributed by atoms with Crippen LogP contribution in [0.2, 0.25) is 0 Å². The van der Waals surface area contributed by atoms with Crippen molar-refractivity contribution in [2.24, 2.45) is 0 Å². The summed E-state index contributed by atoms with van der Waals surface area (Å²) in [5, 5.41) is 3.33. The molecule has 4 aromatic heterocycles. The molecular weight excluding hydrogens is 492 g/mol. The Kier molecular flexibility index (Phi) is 7.69. The van der Waals surface area contributed by atoms with Crippen molar-refractivity contribution < 1.29 is 0 Å². The molecule has 40 heavy (non-hydrogen) atoms. The number of pyridine rings is 4. The molecule has 6 rings (SSSR count). The van der Waals surface area contributed by atoms with Crippen LogP contribution in [0, 0.1) is 0 Å². The molecule has 6 nitrogen and oxygen atoms in total. The number of hydrogen-bond acceptors (Lipinski definition) is 6. The van der Waals surface area contributed by atoms with E-state index in [4.69, 9.17) is 26.4 Å². The lowest BCUT2D eigenvalue weighted by Crippen LogP contribution is -2.13. The molecule has 2 unspecified atom stereocenters. The van der Waals surface area contributed by atoms with Crippen LogP contribution in [0.3, 0.4) is 0 Å². The molecule has 4 heterocycles. The van der Waals surface area contributed by atoms with E-state index in [1.807, 2.05) is 81.0 Å². The zero-order valence-electron chi connectivity index (χ0n) is 23.3. The number of anilines is 2. The summed E-state index contributed by atoms with van der Waals surface area (Å²) in [5.74, 6) is 0.0149. The van der Waals surface area contributed by atoms with Gasteiger partial charge in [-0.25, -0.2) is 4.98 Å². The number of hydrogen-bond donors (Lipinski definition) is 2. The van der Waals surface area contributed by atoms with Gasteiger partial charge in [0.15, 0.2) is 0 Å². The molecule has 0 amide bonds. The van der Waals surface area contributed by atoms with Crippen molar-refractivity contribution in [1.82, 2.24) is 19.9 Å². The van der Waals surface area contributed by atoms with Crippen LogP contribution in [-0.4, -0.2) is 19.9 Å². The van der Waals surface area contributed by atoms with Crippen LogP contribution in [0.5, 0.6) is 0 Å². The zero-order valence-corrected chi connectivity index (χ0v) is 23.3. The first kappa shape index (κ1) is 26.8. The highest BCUT2D eigenvalue weighted by atomic mass is 14.8. The topological polar surface area (TPSA) is 104 Å². The Hall–Kier alpha value is -4.84. The normalized spacial score (nSPS) is 12.5. The van der Waals surface area contributed by atoms with Crippen LogP contribution in [0.1, 0.15) is 50.9 Å². The first-order valence-electron chi connectivity index (χ1n) is 13.7. The number of nitrogens with two attached hydrogens (primary N) is 2. The third-order valence-electron chi connectivity index (χ3n) is 7.33. The molecule has 0 spiro atoms. The quantitative estimate of drug-likeness (QED) is 0.236. The van der Waals surface area contributed by atoms with Crippen LogP contribution in [0.25, 0.3) is 44.2 Å². The van der Waals surface area contributed by atoms with E-state index in [-0.39, 0.29) is 11.8 Å². The lowest BCUT2D eigenvalue weighted by atomic mass is 9.87. The number of rotatable bonds is 5. The molecule has 0 aliphatic heterocycles. The van der Waals surface area contributed by atoms with E-state index in [1.54, 1.807) is 0 Å². The van der Waals surface area contributed by atoms with E-state index in [2.05, 4.69) is 49.2 Å². The Morgan fingerprint density at radius 3 is 1.73 bits per heavy atom. The van der Waals surface area contributed by atoms with Crippen molar-refractivity contribution in [2.75, 3.05) is 11.5 Å². The van der Waals surface area contributed by atoms with Gasteiger partial charge in [0, 0.05) is 52.3 Å². The second kappa shape index (κ2) is 11.5. The lowest BCUT2D eigenvalue weighted by molar-refractivity contribution is 0.597. The number of para-hydroxylation sites is 1. The molecule has 200 valence electrons. The Morgan fingerprint density at radius 2 is 1.10 bits per heavy atom. The first-order chi connectivity index (χ1) is 19.5. The number of fused-ring (bicyclic) bond motifs is 2. The van der Waals surface area contributed by atoms with Gasteiger partial charge in [-0.15, -0.1) is 0 Å². The molecule has 6 aromatic rings. The number of benzene rings is 2. The molecule has 0 aliphatic rings. The highest BCUT2D eigenvalue weighted by Crippen LogP contribution is 2.37. The van der Waals surface area contributed by atoms with Gasteiger partial charge in [0.25, 0.3) is 0 Å². The SMILES string of the molecule is CC.CC(c1ncc(-c2cc3ccccc3cn2)cc1N)C(C)c1ncc(-c2ccc3ccccc3n2)cc1N. The predicted octanol–water partition coefficient (Wildman–Crippen LogP) is 8.00. The van der Waals surface area contributed by atoms with Gasteiger partial charge in [0.1, 0.15) is 0 Å². The summed E-state index contributed by atoms with van der Waals surface area (Å²) in [5.41, 5.74) is 20.4. The fourth-order valence-corrected chi connectivity index (χ4v) is 4.97. The summed E-state index contributed by atoms with van der Waals surface area (Å²) in [6, 6.07) is 26.3. The van der Waals surface area contributed by atoms with Gasteiger partial charge in [-0.05, 0) is 35.7 Å². The van der Waals surface area contributed by atoms with E-state index >= 15 is 0 Å². The van der Waals surface area contributed by atoms with Gasteiger partial charge in [-0.1, -0.05) is 76.2 Å². The van der Waals surface area contributed by atoms with E-state index < -0.39 is 0 Å². The average molecular weight is 527 g/mol. The van der Waals surface area contributed by atoms with Crippen molar-refractivity contribution in [3.8, 4) is 22.5 Å². The third-order valence-corrected chi connectivity index (χ3v) is 7.33. The highest BCUT2D eigenvalue weighted by molar-refractivity contribution is 5.85. The maximum absolute atomic E-state index is 6.52. The third kappa shape index (κ3) is 5.21. The number of nitrogen functional groups attached to an aromatic ring is 2. The second-order valence-corrected chi connectivity index (χ2v) is 9.78. The molecule has 0 fully saturated rings. The van der Waals surface area contributed by atoms with Gasteiger partial charge in [0.2, 0.25) is 0 Å². The molecule has 6 heteroatoms. The smallest absolute Gasteiger partial charge is 0.0725 e. The second-order valence-electron chi connectivity index (χ2n) is 9.78. The van der Waals surface area contributed by atoms with Crippen molar-refractivity contribution in [2.45, 2.75) is 39.5 Å². The minimum absolute atomic E-state index is 0.00746. The maximum atomic E-state index is 6.52. The Morgan fingerprint density at radius 1 is 0.550 bits per heavy atom. The summed E-state index contributed by atoms with van der Waals surface area (Å²) in [7, 11) is 0. The zero-order chi connectivity index (χ0) is 28.2. The number of aromatic nitrogens is 4. The monoisotopic (exact) mass is 526 g/mol. The van der Waals surface area contributed by atoms with Gasteiger partial charge >= 0.3 is 0 Å². The van der Waals surface area contributed by atoms with Crippen LogP contribution < -0.4 is 11.5 Å². The van der Waals surface area contributed by atoms with E-state index in [9.17, 15) is 0 Å². The summed E-state index contributed by atoms with van der Waals surface area (Å²) < 4.78 is 0. The van der Waals surface area contributed by atoms with Gasteiger partial charge < -0.3 is 11.5 Å². The van der Waals surface area contributed by atoms with Gasteiger partial charge in [-0.3, -0.25) is 15.0 Å². The molecule has 0 bridgehead atoms. The van der Waals surface area contributed by atoms with Crippen molar-refractivity contribution in [3.63, 3.8) is 0 Å². The van der Waals surface area contributed by atoms with Gasteiger partial charge in [0.05, 0.1) is 39.7 Å². The number of nitrogens with zero attached hydrogens (tertiary/aromatic N) is 4. The van der Waals surface area contributed by atoms with Gasteiger partial charge in [-0.2, -0.15) is 0 Å². The average Bonchev–Trinajstić information content (AvgIpc) is 3.00. The first-order valence-corrected chi connectivity index (χ1v) is 13.7. The van der Waals surface area contributed by atoms with E-state index in [0.717, 1.165) is 55.6 Å². The van der Waals surface area contributed by atoms with Crippen LogP contribution in [0.4, 0.5) is 11.4 Å². The maximum Gasteiger partial charge on any atom is 0.0725 e. The van der Waals surface area contributed by atoms with Crippen molar-refractivity contribution in [1.29, 1.82) is 0 Å². The fraction of sp³-hybridized carbons (Fsp3) is 0.176. The Bertz CT molecular complexity index is 1660. The van der Waals surface area contributed by atoms with Crippen molar-refractivity contribution >= 4 is 33.1 Å². The van der Waals surface area contributed by atoms with E-state index in [1.165, 1.54) is 0 Å². The lowest BCUT2D eigenvalue weighted by Gasteiger charge is -2.22. The fourth-order valence-electron chi connectivity index (χ4n) is 4.97. The standard InChI is InChI=1S/C32H28N6.C2H6/c1-19(31-26(33)13-24(17-36-31)29-12-11-21-7-5-6-10-28(21)38-29)20(2)32-27(34)14-25(18-37-32)30-15-22-8-3-4-9-23(22)16-35-30;1-2/h3-20H,33-34H2,1-2H3;1-2H3. The molecule has 0 saturated heterocycles. The molecule has 4 N–H and O–H groups in total. The summed E-state index contributed by atoms with van der Waals surface area (Å²) in [6.45, 7) is 8.22. The Labute approximate surface area is 235 Å². The Balaban J connectivity index is 0.00000158. The molecule has 2 atom stereocenters. The summed E-state index contributed by atoms with van der Waals surface area (Å²) in [6.07, 6.45) is 5.57. The molecule has 0 radical (unpaired) electrons. The van der Waals surface area contributed by atoms with Crippen LogP contribution in [0.15, 0.2) is 97.5 Å². The largest absolute Gasteiger partial charge is 0.397 e. The highest BCUT2D eigenvalue weighted by Gasteiger charge is 2.23. The van der Waals surface area contributed by atoms with Crippen LogP contribution >= 0.6 is 0 Å².